The summed E-state index contributed by atoms with van der Waals surface area (Å²) in [6, 6.07) is 9.83. The number of benzene rings is 1. The summed E-state index contributed by atoms with van der Waals surface area (Å²) in [5.74, 6) is 1.29. The molecule has 0 aliphatic rings. The number of aromatic nitrogens is 2. The second-order valence-corrected chi connectivity index (χ2v) is 6.58. The number of ether oxygens (including phenoxy) is 1. The van der Waals surface area contributed by atoms with Crippen molar-refractivity contribution in [3.63, 3.8) is 0 Å². The van der Waals surface area contributed by atoms with Gasteiger partial charge in [0.25, 0.3) is 0 Å². The fourth-order valence-electron chi connectivity index (χ4n) is 3.05. The fraction of sp³-hybridized carbons (Fsp3) is 0.286. The Hall–Kier alpha value is -3.59. The first kappa shape index (κ1) is 21.1. The normalized spacial score (nSPS) is 10.9. The Morgan fingerprint density at radius 1 is 1.13 bits per heavy atom. The van der Waals surface area contributed by atoms with Crippen LogP contribution in [0.15, 0.2) is 48.8 Å². The number of pyridine rings is 1. The molecule has 3 rings (SSSR count). The molecule has 0 aliphatic carbocycles. The molecule has 158 valence electrons. The average Bonchev–Trinajstić information content (AvgIpc) is 3.15. The van der Waals surface area contributed by atoms with Gasteiger partial charge >= 0.3 is 12.1 Å². The van der Waals surface area contributed by atoms with Gasteiger partial charge < -0.3 is 20.1 Å². The maximum absolute atomic E-state index is 12.1. The molecular formula is C21H25N5O4. The second kappa shape index (κ2) is 9.75. The van der Waals surface area contributed by atoms with Gasteiger partial charge in [0.05, 0.1) is 5.52 Å². The van der Waals surface area contributed by atoms with E-state index in [1.807, 2.05) is 0 Å². The molecule has 0 unspecified atom stereocenters. The summed E-state index contributed by atoms with van der Waals surface area (Å²) < 4.78 is 6.96. The lowest BCUT2D eigenvalue weighted by Gasteiger charge is -2.18. The van der Waals surface area contributed by atoms with Crippen LogP contribution in [0.3, 0.4) is 0 Å². The first-order chi connectivity index (χ1) is 14.5. The summed E-state index contributed by atoms with van der Waals surface area (Å²) >= 11 is 0. The zero-order chi connectivity index (χ0) is 21.5. The van der Waals surface area contributed by atoms with Gasteiger partial charge in [0.1, 0.15) is 17.3 Å². The van der Waals surface area contributed by atoms with Crippen LogP contribution >= 0.6 is 0 Å². The van der Waals surface area contributed by atoms with Gasteiger partial charge in [-0.15, -0.1) is 0 Å². The lowest BCUT2D eigenvalue weighted by Crippen LogP contribution is -2.37. The van der Waals surface area contributed by atoms with E-state index in [1.165, 1.54) is 12.4 Å². The quantitative estimate of drug-likeness (QED) is 0.520. The second-order valence-electron chi connectivity index (χ2n) is 6.58. The first-order valence-corrected chi connectivity index (χ1v) is 9.75. The van der Waals surface area contributed by atoms with Gasteiger partial charge in [0.2, 0.25) is 0 Å². The van der Waals surface area contributed by atoms with E-state index in [0.717, 1.165) is 29.6 Å². The van der Waals surface area contributed by atoms with Crippen LogP contribution in [-0.4, -0.2) is 57.9 Å². The molecule has 3 aromatic rings. The molecule has 1 aromatic carbocycles. The van der Waals surface area contributed by atoms with E-state index < -0.39 is 6.09 Å². The van der Waals surface area contributed by atoms with Crippen molar-refractivity contribution in [3.8, 4) is 11.5 Å². The van der Waals surface area contributed by atoms with Gasteiger partial charge in [-0.3, -0.25) is 9.88 Å². The number of carboxylic acid groups (broad SMARTS) is 1. The summed E-state index contributed by atoms with van der Waals surface area (Å²) in [5.41, 5.74) is 0.528. The maximum Gasteiger partial charge on any atom is 0.416 e. The van der Waals surface area contributed by atoms with Crippen LogP contribution < -0.4 is 15.4 Å². The van der Waals surface area contributed by atoms with E-state index in [2.05, 4.69) is 34.4 Å². The van der Waals surface area contributed by atoms with Crippen molar-refractivity contribution in [2.24, 2.45) is 0 Å². The number of carbonyl (C=O) groups excluding carboxylic acids is 1. The Morgan fingerprint density at radius 3 is 2.63 bits per heavy atom. The van der Waals surface area contributed by atoms with Crippen molar-refractivity contribution >= 4 is 28.8 Å². The van der Waals surface area contributed by atoms with Gasteiger partial charge in [0, 0.05) is 43.0 Å². The molecule has 0 spiro atoms. The van der Waals surface area contributed by atoms with E-state index in [9.17, 15) is 14.7 Å². The Balaban J connectivity index is 1.63. The van der Waals surface area contributed by atoms with Gasteiger partial charge in [-0.1, -0.05) is 13.8 Å². The van der Waals surface area contributed by atoms with Crippen LogP contribution in [-0.2, 0) is 0 Å². The Morgan fingerprint density at radius 2 is 1.90 bits per heavy atom. The third kappa shape index (κ3) is 5.26. The number of hydrogen-bond donors (Lipinski definition) is 3. The molecule has 30 heavy (non-hydrogen) atoms. The number of likely N-dealkylation sites (N-methyl/N-ethyl adjacent to an activating group) is 1. The molecule has 2 amide bonds. The largest absolute Gasteiger partial charge is 0.464 e. The number of nitrogens with zero attached hydrogens (tertiary/aromatic N) is 3. The molecule has 0 aliphatic heterocycles. The van der Waals surface area contributed by atoms with E-state index in [-0.39, 0.29) is 6.03 Å². The van der Waals surface area contributed by atoms with Crippen LogP contribution in [0.5, 0.6) is 11.5 Å². The maximum atomic E-state index is 12.1. The predicted octanol–water partition coefficient (Wildman–Crippen LogP) is 3.82. The van der Waals surface area contributed by atoms with Gasteiger partial charge in [-0.2, -0.15) is 0 Å². The predicted molar refractivity (Wildman–Crippen MR) is 114 cm³/mol. The number of urea groups is 1. The van der Waals surface area contributed by atoms with Crippen LogP contribution in [0, 0.1) is 0 Å². The minimum absolute atomic E-state index is 0.340. The topological polar surface area (TPSA) is 109 Å². The molecule has 0 fully saturated rings. The molecule has 3 N–H and O–H groups in total. The third-order valence-electron chi connectivity index (χ3n) is 4.69. The van der Waals surface area contributed by atoms with Crippen LogP contribution in [0.2, 0.25) is 0 Å². The molecule has 0 bridgehead atoms. The summed E-state index contributed by atoms with van der Waals surface area (Å²) in [6.45, 7) is 7.34. The zero-order valence-electron chi connectivity index (χ0n) is 17.0. The van der Waals surface area contributed by atoms with Crippen molar-refractivity contribution in [3.05, 3.63) is 48.8 Å². The number of fused-ring (bicyclic) bond motifs is 1. The monoisotopic (exact) mass is 411 g/mol. The Kier molecular flexibility index (Phi) is 6.87. The van der Waals surface area contributed by atoms with Crippen molar-refractivity contribution in [2.75, 3.05) is 31.5 Å². The van der Waals surface area contributed by atoms with Gasteiger partial charge in [0.15, 0.2) is 0 Å². The molecular weight excluding hydrogens is 386 g/mol. The standard InChI is InChI=1S/C21H25N5O4/c1-3-25(4-2)12-10-23-20(27)24-19-14-17(7-9-22-19)30-16-6-5-15-8-11-26(21(28)29)18(15)13-16/h5-9,11,13-14H,3-4,10,12H2,1-2H3,(H,28,29)(H2,22,23,24,27). The fourth-order valence-corrected chi connectivity index (χ4v) is 3.05. The number of rotatable bonds is 8. The van der Waals surface area contributed by atoms with E-state index >= 15 is 0 Å². The number of amides is 2. The summed E-state index contributed by atoms with van der Waals surface area (Å²) in [5, 5.41) is 15.5. The van der Waals surface area contributed by atoms with Crippen LogP contribution in [0.25, 0.3) is 10.9 Å². The molecule has 2 aromatic heterocycles. The smallest absolute Gasteiger partial charge is 0.416 e. The average molecular weight is 411 g/mol. The zero-order valence-corrected chi connectivity index (χ0v) is 17.0. The van der Waals surface area contributed by atoms with E-state index in [1.54, 1.807) is 36.4 Å². The number of nitrogens with one attached hydrogen (secondary N) is 2. The minimum atomic E-state index is -1.07. The highest BCUT2D eigenvalue weighted by atomic mass is 16.5. The Labute approximate surface area is 174 Å². The lowest BCUT2D eigenvalue weighted by atomic mass is 10.2. The summed E-state index contributed by atoms with van der Waals surface area (Å²) in [7, 11) is 0. The number of carbonyl (C=O) groups is 2. The van der Waals surface area contributed by atoms with Crippen molar-refractivity contribution in [1.29, 1.82) is 0 Å². The number of hydrogen-bond acceptors (Lipinski definition) is 5. The molecule has 0 saturated heterocycles. The first-order valence-electron chi connectivity index (χ1n) is 9.75. The van der Waals surface area contributed by atoms with E-state index in [4.69, 9.17) is 4.74 Å². The highest BCUT2D eigenvalue weighted by Gasteiger charge is 2.09. The Bertz CT molecular complexity index is 1030. The molecule has 2 heterocycles. The molecule has 0 radical (unpaired) electrons. The molecule has 0 atom stereocenters. The number of anilines is 1. The minimum Gasteiger partial charge on any atom is -0.464 e. The summed E-state index contributed by atoms with van der Waals surface area (Å²) in [6.07, 6.45) is 1.95. The SMILES string of the molecule is CCN(CC)CCNC(=O)Nc1cc(Oc2ccc3ccn(C(=O)O)c3c2)ccn1. The molecule has 9 nitrogen and oxygen atoms in total. The summed E-state index contributed by atoms with van der Waals surface area (Å²) in [4.78, 5) is 29.7. The van der Waals surface area contributed by atoms with E-state index in [0.29, 0.717) is 29.4 Å². The van der Waals surface area contributed by atoms with Crippen molar-refractivity contribution in [2.45, 2.75) is 13.8 Å². The highest BCUT2D eigenvalue weighted by Crippen LogP contribution is 2.27. The lowest BCUT2D eigenvalue weighted by molar-refractivity contribution is 0.197. The van der Waals surface area contributed by atoms with Gasteiger partial charge in [-0.05, 0) is 37.4 Å². The third-order valence-corrected chi connectivity index (χ3v) is 4.69. The van der Waals surface area contributed by atoms with Crippen LogP contribution in [0.4, 0.5) is 15.4 Å². The van der Waals surface area contributed by atoms with Crippen molar-refractivity contribution in [1.82, 2.24) is 19.8 Å². The van der Waals surface area contributed by atoms with Gasteiger partial charge in [-0.25, -0.2) is 14.6 Å². The molecule has 0 saturated carbocycles. The van der Waals surface area contributed by atoms with Crippen LogP contribution in [0.1, 0.15) is 13.8 Å². The molecule has 9 heteroatoms. The highest BCUT2D eigenvalue weighted by molar-refractivity contribution is 5.90. The van der Waals surface area contributed by atoms with Crippen molar-refractivity contribution < 1.29 is 19.4 Å².